The number of hydrogen-bond donors (Lipinski definition) is 2. The van der Waals surface area contributed by atoms with E-state index < -0.39 is 0 Å². The molecule has 0 radical (unpaired) electrons. The summed E-state index contributed by atoms with van der Waals surface area (Å²) in [6, 6.07) is 0. The lowest BCUT2D eigenvalue weighted by atomic mass is 9.99. The quantitative estimate of drug-likeness (QED) is 0.311. The standard InChI is InChI=1S/C16H30N6.HI/c1-14-5-9-22(10-6-14)8-4-7-18-16(17-2)19-11-15-12-20-21(3)13-15;/h12-14H,4-11H2,1-3H3,(H2,17,18,19);1H. The molecule has 0 spiro atoms. The molecule has 0 unspecified atom stereocenters. The summed E-state index contributed by atoms with van der Waals surface area (Å²) >= 11 is 0. The first-order valence-corrected chi connectivity index (χ1v) is 8.31. The number of likely N-dealkylation sites (tertiary alicyclic amines) is 1. The van der Waals surface area contributed by atoms with Gasteiger partial charge in [0, 0.05) is 38.9 Å². The maximum Gasteiger partial charge on any atom is 0.191 e. The third kappa shape index (κ3) is 7.52. The highest BCUT2D eigenvalue weighted by Crippen LogP contribution is 2.15. The van der Waals surface area contributed by atoms with Gasteiger partial charge >= 0.3 is 0 Å². The first kappa shape index (κ1) is 20.2. The lowest BCUT2D eigenvalue weighted by molar-refractivity contribution is 0.191. The molecule has 2 N–H and O–H groups in total. The van der Waals surface area contributed by atoms with E-state index in [-0.39, 0.29) is 24.0 Å². The smallest absolute Gasteiger partial charge is 0.191 e. The Hall–Kier alpha value is -0.830. The van der Waals surface area contributed by atoms with Gasteiger partial charge in [0.25, 0.3) is 0 Å². The summed E-state index contributed by atoms with van der Waals surface area (Å²) in [5.74, 6) is 1.76. The fourth-order valence-corrected chi connectivity index (χ4v) is 2.76. The van der Waals surface area contributed by atoms with Gasteiger partial charge in [-0.3, -0.25) is 9.67 Å². The summed E-state index contributed by atoms with van der Waals surface area (Å²) in [7, 11) is 3.74. The van der Waals surface area contributed by atoms with Gasteiger partial charge in [0.15, 0.2) is 5.96 Å². The van der Waals surface area contributed by atoms with Gasteiger partial charge in [0.05, 0.1) is 6.20 Å². The van der Waals surface area contributed by atoms with Crippen molar-refractivity contribution in [2.24, 2.45) is 18.0 Å². The van der Waals surface area contributed by atoms with Gasteiger partial charge in [-0.15, -0.1) is 24.0 Å². The molecule has 1 aromatic heterocycles. The Kier molecular flexibility index (Phi) is 9.54. The maximum absolute atomic E-state index is 4.26. The Morgan fingerprint density at radius 3 is 2.70 bits per heavy atom. The minimum absolute atomic E-state index is 0. The van der Waals surface area contributed by atoms with E-state index in [1.165, 1.54) is 32.5 Å². The molecule has 7 heteroatoms. The summed E-state index contributed by atoms with van der Waals surface area (Å²) in [4.78, 5) is 6.83. The normalized spacial score (nSPS) is 16.9. The number of guanidine groups is 1. The average Bonchev–Trinajstić information content (AvgIpc) is 2.94. The number of nitrogens with zero attached hydrogens (tertiary/aromatic N) is 4. The number of piperidine rings is 1. The van der Waals surface area contributed by atoms with Gasteiger partial charge < -0.3 is 15.5 Å². The Labute approximate surface area is 157 Å². The highest BCUT2D eigenvalue weighted by molar-refractivity contribution is 14.0. The van der Waals surface area contributed by atoms with Crippen molar-refractivity contribution in [3.05, 3.63) is 18.0 Å². The summed E-state index contributed by atoms with van der Waals surface area (Å²) in [6.07, 6.45) is 7.74. The summed E-state index contributed by atoms with van der Waals surface area (Å²) in [5, 5.41) is 10.9. The van der Waals surface area contributed by atoms with Crippen molar-refractivity contribution in [2.75, 3.05) is 33.2 Å². The number of aliphatic imine (C=N–C) groups is 1. The van der Waals surface area contributed by atoms with Crippen LogP contribution in [0.1, 0.15) is 31.7 Å². The van der Waals surface area contributed by atoms with Gasteiger partial charge in [-0.1, -0.05) is 6.92 Å². The number of aromatic nitrogens is 2. The van der Waals surface area contributed by atoms with Crippen LogP contribution in [0.5, 0.6) is 0 Å². The van der Waals surface area contributed by atoms with Crippen LogP contribution in [-0.2, 0) is 13.6 Å². The Balaban J connectivity index is 0.00000264. The molecule has 1 aromatic rings. The Morgan fingerprint density at radius 2 is 2.09 bits per heavy atom. The Morgan fingerprint density at radius 1 is 1.35 bits per heavy atom. The van der Waals surface area contributed by atoms with Crippen LogP contribution in [0.4, 0.5) is 0 Å². The van der Waals surface area contributed by atoms with Crippen LogP contribution in [0.25, 0.3) is 0 Å². The molecule has 1 saturated heterocycles. The SMILES string of the molecule is CN=C(NCCCN1CCC(C)CC1)NCc1cnn(C)c1.I. The molecule has 0 aromatic carbocycles. The second-order valence-electron chi connectivity index (χ2n) is 6.25. The van der Waals surface area contributed by atoms with Gasteiger partial charge in [-0.2, -0.15) is 5.10 Å². The van der Waals surface area contributed by atoms with Crippen LogP contribution in [0, 0.1) is 5.92 Å². The molecule has 0 amide bonds. The van der Waals surface area contributed by atoms with Gasteiger partial charge in [0.2, 0.25) is 0 Å². The summed E-state index contributed by atoms with van der Waals surface area (Å²) in [6.45, 7) is 7.76. The lowest BCUT2D eigenvalue weighted by Crippen LogP contribution is -2.39. The van der Waals surface area contributed by atoms with Crippen LogP contribution in [0.3, 0.4) is 0 Å². The molecule has 0 saturated carbocycles. The summed E-state index contributed by atoms with van der Waals surface area (Å²) in [5.41, 5.74) is 1.16. The number of aryl methyl sites for hydroxylation is 1. The zero-order valence-corrected chi connectivity index (χ0v) is 16.9. The summed E-state index contributed by atoms with van der Waals surface area (Å²) < 4.78 is 1.81. The second-order valence-corrected chi connectivity index (χ2v) is 6.25. The minimum Gasteiger partial charge on any atom is -0.356 e. The molecule has 2 rings (SSSR count). The van der Waals surface area contributed by atoms with Gasteiger partial charge in [0.1, 0.15) is 0 Å². The van der Waals surface area contributed by atoms with E-state index in [0.717, 1.165) is 37.0 Å². The van der Waals surface area contributed by atoms with Crippen LogP contribution in [0.15, 0.2) is 17.4 Å². The molecular weight excluding hydrogens is 403 g/mol. The van der Waals surface area contributed by atoms with Gasteiger partial charge in [-0.25, -0.2) is 0 Å². The average molecular weight is 434 g/mol. The molecule has 6 nitrogen and oxygen atoms in total. The molecule has 1 aliphatic heterocycles. The van der Waals surface area contributed by atoms with E-state index in [0.29, 0.717) is 0 Å². The zero-order valence-electron chi connectivity index (χ0n) is 14.6. The van der Waals surface area contributed by atoms with E-state index in [4.69, 9.17) is 0 Å². The van der Waals surface area contributed by atoms with Crippen LogP contribution in [0.2, 0.25) is 0 Å². The molecule has 0 aliphatic carbocycles. The highest BCUT2D eigenvalue weighted by atomic mass is 127. The van der Waals surface area contributed by atoms with Crippen molar-refractivity contribution in [3.63, 3.8) is 0 Å². The fraction of sp³-hybridized carbons (Fsp3) is 0.750. The number of hydrogen-bond acceptors (Lipinski definition) is 3. The van der Waals surface area contributed by atoms with Crippen molar-refractivity contribution in [1.82, 2.24) is 25.3 Å². The number of halogens is 1. The minimum atomic E-state index is 0. The van der Waals surface area contributed by atoms with Crippen molar-refractivity contribution in [3.8, 4) is 0 Å². The molecule has 2 heterocycles. The van der Waals surface area contributed by atoms with E-state index >= 15 is 0 Å². The third-order valence-corrected chi connectivity index (χ3v) is 4.26. The predicted octanol–water partition coefficient (Wildman–Crippen LogP) is 1.83. The molecule has 1 fully saturated rings. The number of nitrogens with one attached hydrogen (secondary N) is 2. The fourth-order valence-electron chi connectivity index (χ4n) is 2.76. The maximum atomic E-state index is 4.26. The molecule has 0 atom stereocenters. The van der Waals surface area contributed by atoms with E-state index in [2.05, 4.69) is 32.5 Å². The van der Waals surface area contributed by atoms with Crippen molar-refractivity contribution in [2.45, 2.75) is 32.7 Å². The van der Waals surface area contributed by atoms with Crippen molar-refractivity contribution in [1.29, 1.82) is 0 Å². The van der Waals surface area contributed by atoms with Crippen LogP contribution >= 0.6 is 24.0 Å². The molecule has 23 heavy (non-hydrogen) atoms. The van der Waals surface area contributed by atoms with Gasteiger partial charge in [-0.05, 0) is 44.8 Å². The zero-order chi connectivity index (χ0) is 15.8. The lowest BCUT2D eigenvalue weighted by Gasteiger charge is -2.30. The molecule has 132 valence electrons. The largest absolute Gasteiger partial charge is 0.356 e. The van der Waals surface area contributed by atoms with Crippen LogP contribution in [-0.4, -0.2) is 53.9 Å². The Bertz CT molecular complexity index is 465. The van der Waals surface area contributed by atoms with E-state index in [1.54, 1.807) is 0 Å². The first-order valence-electron chi connectivity index (χ1n) is 8.31. The predicted molar refractivity (Wildman–Crippen MR) is 106 cm³/mol. The van der Waals surface area contributed by atoms with Crippen molar-refractivity contribution < 1.29 is 0 Å². The highest BCUT2D eigenvalue weighted by Gasteiger charge is 2.14. The van der Waals surface area contributed by atoms with E-state index in [1.807, 2.05) is 31.2 Å². The van der Waals surface area contributed by atoms with E-state index in [9.17, 15) is 0 Å². The third-order valence-electron chi connectivity index (χ3n) is 4.26. The molecular formula is C16H31IN6. The topological polar surface area (TPSA) is 57.5 Å². The number of rotatable bonds is 6. The van der Waals surface area contributed by atoms with Crippen LogP contribution < -0.4 is 10.6 Å². The monoisotopic (exact) mass is 434 g/mol. The van der Waals surface area contributed by atoms with Crippen molar-refractivity contribution >= 4 is 29.9 Å². The molecule has 0 bridgehead atoms. The first-order chi connectivity index (χ1) is 10.7. The second kappa shape index (κ2) is 10.9. The molecule has 1 aliphatic rings.